The molecule has 0 aliphatic carbocycles. The van der Waals surface area contributed by atoms with Crippen LogP contribution in [0.2, 0.25) is 0 Å². The molecule has 0 aliphatic rings. The fourth-order valence-corrected chi connectivity index (χ4v) is 5.74. The van der Waals surface area contributed by atoms with Crippen molar-refractivity contribution in [3.63, 3.8) is 0 Å². The number of benzene rings is 3. The second kappa shape index (κ2) is 10.2. The molecule has 0 aliphatic heterocycles. The van der Waals surface area contributed by atoms with Crippen LogP contribution in [0.3, 0.4) is 0 Å². The largest absolute Gasteiger partial charge is 0.348 e. The van der Waals surface area contributed by atoms with Crippen LogP contribution in [-0.2, 0) is 24.7 Å². The molecule has 0 aromatic heterocycles. The topological polar surface area (TPSA) is 101 Å². The zero-order valence-electron chi connectivity index (χ0n) is 20.4. The van der Waals surface area contributed by atoms with Crippen molar-refractivity contribution in [3.8, 4) is 0 Å². The van der Waals surface area contributed by atoms with Crippen LogP contribution in [0, 0.1) is 20.8 Å². The number of sulfonamides is 1. The van der Waals surface area contributed by atoms with Gasteiger partial charge in [0.1, 0.15) is 6.54 Å². The van der Waals surface area contributed by atoms with Crippen LogP contribution in [0.5, 0.6) is 0 Å². The molecule has 0 heterocycles. The summed E-state index contributed by atoms with van der Waals surface area (Å²) in [4.78, 5) is 13.3. The van der Waals surface area contributed by atoms with Gasteiger partial charge in [-0.3, -0.25) is 9.10 Å². The summed E-state index contributed by atoms with van der Waals surface area (Å²) in [5.74, 6) is -0.485. The van der Waals surface area contributed by atoms with E-state index in [2.05, 4.69) is 5.32 Å². The summed E-state index contributed by atoms with van der Waals surface area (Å²) in [6, 6.07) is 17.7. The summed E-state index contributed by atoms with van der Waals surface area (Å²) >= 11 is 0. The Hall–Kier alpha value is -3.17. The van der Waals surface area contributed by atoms with E-state index >= 15 is 0 Å². The molecular formula is C26H30N2O5S2. The average molecular weight is 515 g/mol. The van der Waals surface area contributed by atoms with Crippen LogP contribution in [0.4, 0.5) is 5.69 Å². The maximum Gasteiger partial charge on any atom is 0.264 e. The molecule has 3 rings (SSSR count). The second-order valence-corrected chi connectivity index (χ2v) is 12.6. The van der Waals surface area contributed by atoms with E-state index in [1.165, 1.54) is 24.3 Å². The molecule has 186 valence electrons. The quantitative estimate of drug-likeness (QED) is 0.488. The lowest BCUT2D eigenvalue weighted by molar-refractivity contribution is -0.120. The molecule has 0 radical (unpaired) electrons. The maximum absolute atomic E-state index is 13.6. The van der Waals surface area contributed by atoms with Gasteiger partial charge in [-0.25, -0.2) is 16.8 Å². The van der Waals surface area contributed by atoms with Gasteiger partial charge in [-0.05, 0) is 74.7 Å². The van der Waals surface area contributed by atoms with Crippen molar-refractivity contribution in [2.24, 2.45) is 0 Å². The molecule has 3 aromatic rings. The molecule has 0 saturated heterocycles. The Morgan fingerprint density at radius 1 is 0.829 bits per heavy atom. The zero-order chi connectivity index (χ0) is 26.0. The van der Waals surface area contributed by atoms with Gasteiger partial charge >= 0.3 is 0 Å². The van der Waals surface area contributed by atoms with Crippen molar-refractivity contribution >= 4 is 31.5 Å². The number of hydrogen-bond acceptors (Lipinski definition) is 5. The van der Waals surface area contributed by atoms with Crippen LogP contribution in [0.25, 0.3) is 0 Å². The number of rotatable bonds is 8. The lowest BCUT2D eigenvalue weighted by Crippen LogP contribution is -2.42. The first-order valence-electron chi connectivity index (χ1n) is 11.0. The Bertz CT molecular complexity index is 1430. The van der Waals surface area contributed by atoms with Crippen molar-refractivity contribution < 1.29 is 21.6 Å². The Balaban J connectivity index is 1.90. The van der Waals surface area contributed by atoms with Crippen LogP contribution in [0.1, 0.15) is 35.2 Å². The minimum absolute atomic E-state index is 0.0984. The Morgan fingerprint density at radius 2 is 1.37 bits per heavy atom. The summed E-state index contributed by atoms with van der Waals surface area (Å²) in [5, 5.41) is 2.83. The van der Waals surface area contributed by atoms with E-state index in [9.17, 15) is 21.6 Å². The van der Waals surface area contributed by atoms with Gasteiger partial charge in [0.15, 0.2) is 9.84 Å². The van der Waals surface area contributed by atoms with Crippen LogP contribution in [-0.4, -0.2) is 35.5 Å². The molecule has 1 amide bonds. The molecule has 1 atom stereocenters. The molecule has 3 aromatic carbocycles. The number of hydrogen-bond donors (Lipinski definition) is 1. The van der Waals surface area contributed by atoms with E-state index < -0.39 is 38.4 Å². The molecule has 7 nitrogen and oxygen atoms in total. The monoisotopic (exact) mass is 514 g/mol. The fraction of sp³-hybridized carbons (Fsp3) is 0.269. The fourth-order valence-electron chi connectivity index (χ4n) is 3.63. The first kappa shape index (κ1) is 26.4. The van der Waals surface area contributed by atoms with Crippen LogP contribution < -0.4 is 9.62 Å². The Morgan fingerprint density at radius 3 is 1.94 bits per heavy atom. The summed E-state index contributed by atoms with van der Waals surface area (Å²) < 4.78 is 51.8. The van der Waals surface area contributed by atoms with Gasteiger partial charge in [-0.1, -0.05) is 42.0 Å². The highest BCUT2D eigenvalue weighted by atomic mass is 32.2. The first-order chi connectivity index (χ1) is 16.3. The van der Waals surface area contributed by atoms with Crippen LogP contribution >= 0.6 is 0 Å². The normalized spacial score (nSPS) is 12.7. The average Bonchev–Trinajstić information content (AvgIpc) is 2.79. The summed E-state index contributed by atoms with van der Waals surface area (Å²) in [6.45, 7) is 6.88. The minimum atomic E-state index is -4.02. The third-order valence-corrected chi connectivity index (χ3v) is 8.62. The van der Waals surface area contributed by atoms with E-state index in [0.717, 1.165) is 27.3 Å². The lowest BCUT2D eigenvalue weighted by atomic mass is 10.1. The zero-order valence-corrected chi connectivity index (χ0v) is 22.1. The van der Waals surface area contributed by atoms with Crippen molar-refractivity contribution in [2.75, 3.05) is 17.1 Å². The van der Waals surface area contributed by atoms with E-state index in [0.29, 0.717) is 11.3 Å². The number of aryl methyl sites for hydroxylation is 3. The predicted molar refractivity (Wildman–Crippen MR) is 138 cm³/mol. The molecule has 1 N–H and O–H groups in total. The molecule has 0 fully saturated rings. The first-order valence-corrected chi connectivity index (χ1v) is 14.4. The van der Waals surface area contributed by atoms with Gasteiger partial charge in [-0.2, -0.15) is 0 Å². The Kier molecular flexibility index (Phi) is 7.71. The molecule has 0 unspecified atom stereocenters. The van der Waals surface area contributed by atoms with Gasteiger partial charge in [0, 0.05) is 6.26 Å². The minimum Gasteiger partial charge on any atom is -0.348 e. The third-order valence-electron chi connectivity index (χ3n) is 5.72. The van der Waals surface area contributed by atoms with Gasteiger partial charge in [0.2, 0.25) is 5.91 Å². The molecular weight excluding hydrogens is 484 g/mol. The molecule has 0 bridgehead atoms. The standard InChI is InChI=1S/C26H30N2O5S2/c1-18-7-12-24(13-8-18)35(32,33)28(25-16-19(2)6-9-20(25)3)17-26(29)27-21(4)22-10-14-23(15-11-22)34(5,30)31/h6-16,21H,17H2,1-5H3,(H,27,29)/t21-/m0/s1. The Labute approximate surface area is 207 Å². The number of nitrogens with one attached hydrogen (secondary N) is 1. The number of carbonyl (C=O) groups is 1. The number of nitrogens with zero attached hydrogens (tertiary/aromatic N) is 1. The number of amides is 1. The summed E-state index contributed by atoms with van der Waals surface area (Å²) in [5.41, 5.74) is 3.66. The van der Waals surface area contributed by atoms with Crippen molar-refractivity contribution in [1.82, 2.24) is 5.32 Å². The lowest BCUT2D eigenvalue weighted by Gasteiger charge is -2.27. The third kappa shape index (κ3) is 6.29. The van der Waals surface area contributed by atoms with E-state index in [1.54, 1.807) is 44.2 Å². The molecule has 0 saturated carbocycles. The smallest absolute Gasteiger partial charge is 0.264 e. The number of sulfone groups is 1. The van der Waals surface area contributed by atoms with Crippen molar-refractivity contribution in [1.29, 1.82) is 0 Å². The number of carbonyl (C=O) groups excluding carboxylic acids is 1. The SMILES string of the molecule is Cc1ccc(S(=O)(=O)N(CC(=O)N[C@@H](C)c2ccc(S(C)(=O)=O)cc2)c2cc(C)ccc2C)cc1. The summed E-state index contributed by atoms with van der Waals surface area (Å²) in [6.07, 6.45) is 1.13. The molecule has 35 heavy (non-hydrogen) atoms. The van der Waals surface area contributed by atoms with E-state index in [4.69, 9.17) is 0 Å². The van der Waals surface area contributed by atoms with Gasteiger partial charge < -0.3 is 5.32 Å². The second-order valence-electron chi connectivity index (χ2n) is 8.75. The van der Waals surface area contributed by atoms with E-state index in [-0.39, 0.29) is 9.79 Å². The van der Waals surface area contributed by atoms with Gasteiger partial charge in [0.05, 0.1) is 21.5 Å². The van der Waals surface area contributed by atoms with Crippen molar-refractivity contribution in [3.05, 3.63) is 89.0 Å². The highest BCUT2D eigenvalue weighted by Crippen LogP contribution is 2.28. The van der Waals surface area contributed by atoms with Crippen LogP contribution in [0.15, 0.2) is 76.5 Å². The van der Waals surface area contributed by atoms with Gasteiger partial charge in [-0.15, -0.1) is 0 Å². The highest BCUT2D eigenvalue weighted by Gasteiger charge is 2.29. The molecule has 9 heteroatoms. The summed E-state index contributed by atoms with van der Waals surface area (Å²) in [7, 11) is -7.35. The molecule has 0 spiro atoms. The van der Waals surface area contributed by atoms with Gasteiger partial charge in [0.25, 0.3) is 10.0 Å². The maximum atomic E-state index is 13.6. The highest BCUT2D eigenvalue weighted by molar-refractivity contribution is 7.93. The number of anilines is 1. The predicted octanol–water partition coefficient (Wildman–Crippen LogP) is 4.09. The van der Waals surface area contributed by atoms with E-state index in [1.807, 2.05) is 26.0 Å². The van der Waals surface area contributed by atoms with Crippen molar-refractivity contribution in [2.45, 2.75) is 43.5 Å².